The Bertz CT molecular complexity index is 1020. The minimum Gasteiger partial charge on any atom is -0.497 e. The quantitative estimate of drug-likeness (QED) is 0.526. The topological polar surface area (TPSA) is 78.8 Å². The molecule has 1 heterocycles. The molecule has 0 bridgehead atoms. The van der Waals surface area contributed by atoms with Crippen molar-refractivity contribution < 1.29 is 28.5 Å². The summed E-state index contributed by atoms with van der Waals surface area (Å²) in [6, 6.07) is 10.8. The molecule has 0 spiro atoms. The zero-order valence-corrected chi connectivity index (χ0v) is 19.5. The summed E-state index contributed by atoms with van der Waals surface area (Å²) in [5.41, 5.74) is 1.41. The van der Waals surface area contributed by atoms with Gasteiger partial charge in [-0.25, -0.2) is 4.99 Å². The summed E-state index contributed by atoms with van der Waals surface area (Å²) in [6.07, 6.45) is 1.77. The highest BCUT2D eigenvalue weighted by molar-refractivity contribution is 8.18. The van der Waals surface area contributed by atoms with Crippen LogP contribution in [0, 0.1) is 0 Å². The van der Waals surface area contributed by atoms with Crippen LogP contribution in [0.1, 0.15) is 5.56 Å². The third-order valence-corrected chi connectivity index (χ3v) is 5.73. The highest BCUT2D eigenvalue weighted by Crippen LogP contribution is 2.39. The van der Waals surface area contributed by atoms with E-state index in [0.29, 0.717) is 51.7 Å². The van der Waals surface area contributed by atoms with E-state index in [1.165, 1.54) is 11.8 Å². The van der Waals surface area contributed by atoms with Crippen LogP contribution in [0.25, 0.3) is 6.08 Å². The van der Waals surface area contributed by atoms with Gasteiger partial charge in [0.05, 0.1) is 52.2 Å². The van der Waals surface area contributed by atoms with Gasteiger partial charge in [0.25, 0.3) is 5.91 Å². The SMILES string of the molecule is COCCN1C(=O)/C(=C\c2cc(OC)c(OC)cc2OC)SC1=Nc1ccc(OC)cc1. The molecule has 0 saturated carbocycles. The summed E-state index contributed by atoms with van der Waals surface area (Å²) in [5, 5.41) is 0.572. The molecule has 1 saturated heterocycles. The molecular formula is C23H26N2O6S. The lowest BCUT2D eigenvalue weighted by atomic mass is 10.1. The maximum Gasteiger partial charge on any atom is 0.266 e. The van der Waals surface area contributed by atoms with Crippen LogP contribution in [0.15, 0.2) is 46.3 Å². The number of ether oxygens (including phenoxy) is 5. The number of carbonyl (C=O) groups is 1. The van der Waals surface area contributed by atoms with Crippen LogP contribution in [-0.2, 0) is 9.53 Å². The van der Waals surface area contributed by atoms with E-state index in [2.05, 4.69) is 4.99 Å². The minimum absolute atomic E-state index is 0.156. The molecule has 0 unspecified atom stereocenters. The Hall–Kier alpha value is -3.17. The van der Waals surface area contributed by atoms with Gasteiger partial charge >= 0.3 is 0 Å². The fraction of sp³-hybridized carbons (Fsp3) is 0.304. The summed E-state index contributed by atoms with van der Waals surface area (Å²) in [6.45, 7) is 0.776. The number of rotatable bonds is 9. The van der Waals surface area contributed by atoms with Gasteiger partial charge in [-0.15, -0.1) is 0 Å². The van der Waals surface area contributed by atoms with Crippen LogP contribution >= 0.6 is 11.8 Å². The second-order valence-corrected chi connectivity index (χ2v) is 7.61. The highest BCUT2D eigenvalue weighted by Gasteiger charge is 2.33. The average molecular weight is 459 g/mol. The molecule has 0 aromatic heterocycles. The van der Waals surface area contributed by atoms with Crippen molar-refractivity contribution in [1.82, 2.24) is 4.90 Å². The summed E-state index contributed by atoms with van der Waals surface area (Å²) < 4.78 is 26.6. The predicted octanol–water partition coefficient (Wildman–Crippen LogP) is 3.97. The summed E-state index contributed by atoms with van der Waals surface area (Å²) in [5.74, 6) is 2.23. The van der Waals surface area contributed by atoms with E-state index < -0.39 is 0 Å². The first-order valence-electron chi connectivity index (χ1n) is 9.77. The van der Waals surface area contributed by atoms with Crippen molar-refractivity contribution >= 4 is 34.6 Å². The number of amidine groups is 1. The standard InChI is InChI=1S/C23H26N2O6S/c1-27-11-10-25-22(26)21(32-23(25)24-16-6-8-17(28-2)9-7-16)13-15-12-19(30-4)20(31-5)14-18(15)29-3/h6-9,12-14H,10-11H2,1-5H3/b21-13+,24-23?. The largest absolute Gasteiger partial charge is 0.497 e. The van der Waals surface area contributed by atoms with Crippen molar-refractivity contribution in [2.75, 3.05) is 48.7 Å². The van der Waals surface area contributed by atoms with Gasteiger partial charge < -0.3 is 23.7 Å². The van der Waals surface area contributed by atoms with Crippen LogP contribution in [0.4, 0.5) is 5.69 Å². The third kappa shape index (κ3) is 5.17. The molecule has 0 radical (unpaired) electrons. The molecule has 0 atom stereocenters. The van der Waals surface area contributed by atoms with Crippen molar-refractivity contribution in [2.45, 2.75) is 0 Å². The van der Waals surface area contributed by atoms with Crippen molar-refractivity contribution in [1.29, 1.82) is 0 Å². The first-order chi connectivity index (χ1) is 15.5. The highest BCUT2D eigenvalue weighted by atomic mass is 32.2. The molecule has 8 nitrogen and oxygen atoms in total. The van der Waals surface area contributed by atoms with Crippen molar-refractivity contribution in [2.24, 2.45) is 4.99 Å². The lowest BCUT2D eigenvalue weighted by Crippen LogP contribution is -2.32. The second-order valence-electron chi connectivity index (χ2n) is 6.60. The van der Waals surface area contributed by atoms with Crippen molar-refractivity contribution in [3.8, 4) is 23.0 Å². The number of nitrogens with zero attached hydrogens (tertiary/aromatic N) is 2. The monoisotopic (exact) mass is 458 g/mol. The first-order valence-corrected chi connectivity index (χ1v) is 10.6. The van der Waals surface area contributed by atoms with Gasteiger partial charge in [-0.05, 0) is 48.2 Å². The Morgan fingerprint density at radius 2 is 1.56 bits per heavy atom. The predicted molar refractivity (Wildman–Crippen MR) is 125 cm³/mol. The number of thioether (sulfide) groups is 1. The minimum atomic E-state index is -0.156. The molecule has 2 aromatic carbocycles. The van der Waals surface area contributed by atoms with Crippen LogP contribution < -0.4 is 18.9 Å². The normalized spacial score (nSPS) is 16.0. The first kappa shape index (κ1) is 23.5. The van der Waals surface area contributed by atoms with Crippen LogP contribution in [0.2, 0.25) is 0 Å². The Morgan fingerprint density at radius 3 is 2.16 bits per heavy atom. The lowest BCUT2D eigenvalue weighted by molar-refractivity contribution is -0.122. The molecule has 3 rings (SSSR count). The molecule has 32 heavy (non-hydrogen) atoms. The van der Waals surface area contributed by atoms with E-state index in [0.717, 1.165) is 5.75 Å². The van der Waals surface area contributed by atoms with Crippen LogP contribution in [0.5, 0.6) is 23.0 Å². The van der Waals surface area contributed by atoms with E-state index >= 15 is 0 Å². The van der Waals surface area contributed by atoms with E-state index in [4.69, 9.17) is 23.7 Å². The fourth-order valence-electron chi connectivity index (χ4n) is 3.05. The zero-order chi connectivity index (χ0) is 23.1. The van der Waals surface area contributed by atoms with E-state index in [1.807, 2.05) is 24.3 Å². The molecule has 170 valence electrons. The van der Waals surface area contributed by atoms with Crippen LogP contribution in [-0.4, -0.2) is 64.7 Å². The Balaban J connectivity index is 1.99. The lowest BCUT2D eigenvalue weighted by Gasteiger charge is -2.15. The molecule has 1 aliphatic heterocycles. The van der Waals surface area contributed by atoms with E-state index in [-0.39, 0.29) is 5.91 Å². The summed E-state index contributed by atoms with van der Waals surface area (Å²) in [7, 11) is 7.89. The zero-order valence-electron chi connectivity index (χ0n) is 18.7. The number of aliphatic imine (C=N–C) groups is 1. The number of amides is 1. The third-order valence-electron chi connectivity index (χ3n) is 4.73. The molecule has 1 amide bonds. The summed E-state index contributed by atoms with van der Waals surface area (Å²) in [4.78, 5) is 20.0. The van der Waals surface area contributed by atoms with E-state index in [9.17, 15) is 4.79 Å². The smallest absolute Gasteiger partial charge is 0.266 e. The number of benzene rings is 2. The van der Waals surface area contributed by atoms with Gasteiger partial charge in [-0.2, -0.15) is 0 Å². The molecule has 0 N–H and O–H groups in total. The average Bonchev–Trinajstić information content (AvgIpc) is 3.11. The number of methoxy groups -OCH3 is 5. The number of hydrogen-bond acceptors (Lipinski definition) is 8. The van der Waals surface area contributed by atoms with Gasteiger partial charge in [-0.3, -0.25) is 9.69 Å². The molecule has 1 aliphatic rings. The molecular weight excluding hydrogens is 432 g/mol. The molecule has 1 fully saturated rings. The van der Waals surface area contributed by atoms with Gasteiger partial charge in [0, 0.05) is 18.7 Å². The number of carbonyl (C=O) groups excluding carboxylic acids is 1. The Morgan fingerprint density at radius 1 is 0.906 bits per heavy atom. The summed E-state index contributed by atoms with van der Waals surface area (Å²) >= 11 is 1.29. The second kappa shape index (κ2) is 10.9. The van der Waals surface area contributed by atoms with E-state index in [1.54, 1.807) is 58.7 Å². The van der Waals surface area contributed by atoms with Crippen LogP contribution in [0.3, 0.4) is 0 Å². The van der Waals surface area contributed by atoms with Gasteiger partial charge in [0.2, 0.25) is 0 Å². The Kier molecular flexibility index (Phi) is 8.02. The van der Waals surface area contributed by atoms with Gasteiger partial charge in [0.15, 0.2) is 16.7 Å². The molecule has 0 aliphatic carbocycles. The van der Waals surface area contributed by atoms with Crippen molar-refractivity contribution in [3.05, 3.63) is 46.9 Å². The molecule has 2 aromatic rings. The van der Waals surface area contributed by atoms with Crippen molar-refractivity contribution in [3.63, 3.8) is 0 Å². The maximum atomic E-state index is 13.2. The Labute approximate surface area is 191 Å². The molecule has 9 heteroatoms. The van der Waals surface area contributed by atoms with Gasteiger partial charge in [0.1, 0.15) is 11.5 Å². The van der Waals surface area contributed by atoms with Gasteiger partial charge in [-0.1, -0.05) is 0 Å². The number of hydrogen-bond donors (Lipinski definition) is 0. The maximum absolute atomic E-state index is 13.2. The fourth-order valence-corrected chi connectivity index (χ4v) is 4.06.